The molecule has 0 atom stereocenters. The molecule has 104 valence electrons. The van der Waals surface area contributed by atoms with E-state index in [2.05, 4.69) is 39.2 Å². The zero-order valence-electron chi connectivity index (χ0n) is 11.4. The second-order valence-electron chi connectivity index (χ2n) is 4.83. The van der Waals surface area contributed by atoms with Gasteiger partial charge in [-0.1, -0.05) is 42.5 Å². The first-order valence-electron chi connectivity index (χ1n) is 6.57. The van der Waals surface area contributed by atoms with Crippen LogP contribution in [-0.2, 0) is 0 Å². The predicted octanol–water partition coefficient (Wildman–Crippen LogP) is 5.09. The Kier molecular flexibility index (Phi) is 3.99. The van der Waals surface area contributed by atoms with E-state index in [0.29, 0.717) is 4.99 Å². The highest BCUT2D eigenvalue weighted by Gasteiger charge is 2.07. The number of nitrogens with zero attached hydrogens (tertiary/aromatic N) is 1. The summed E-state index contributed by atoms with van der Waals surface area (Å²) in [5.41, 5.74) is 3.86. The minimum atomic E-state index is 0.616. The lowest BCUT2D eigenvalue weighted by atomic mass is 10.2. The first-order valence-corrected chi connectivity index (χ1v) is 7.77. The molecule has 21 heavy (non-hydrogen) atoms. The molecule has 0 aliphatic carbocycles. The molecule has 3 aromatic rings. The second kappa shape index (κ2) is 5.92. The van der Waals surface area contributed by atoms with Crippen LogP contribution >= 0.6 is 28.1 Å². The van der Waals surface area contributed by atoms with E-state index in [0.717, 1.165) is 26.8 Å². The lowest BCUT2D eigenvalue weighted by Crippen LogP contribution is -2.12. The van der Waals surface area contributed by atoms with E-state index < -0.39 is 0 Å². The van der Waals surface area contributed by atoms with Crippen LogP contribution in [-0.4, -0.2) is 9.97 Å². The number of hydrogen-bond acceptors (Lipinski definition) is 2. The average molecular weight is 357 g/mol. The van der Waals surface area contributed by atoms with E-state index in [9.17, 15) is 0 Å². The molecule has 0 aliphatic rings. The summed E-state index contributed by atoms with van der Waals surface area (Å²) in [7, 11) is 0. The topological polar surface area (TPSA) is 24.9 Å². The van der Waals surface area contributed by atoms with Crippen molar-refractivity contribution in [2.75, 3.05) is 5.32 Å². The summed E-state index contributed by atoms with van der Waals surface area (Å²) in [6.07, 6.45) is 0. The lowest BCUT2D eigenvalue weighted by molar-refractivity contribution is 1.37. The first kappa shape index (κ1) is 14.2. The van der Waals surface area contributed by atoms with Gasteiger partial charge < -0.3 is 5.32 Å². The molecule has 1 N–H and O–H groups in total. The molecule has 0 saturated heterocycles. The van der Waals surface area contributed by atoms with E-state index in [1.165, 1.54) is 5.56 Å². The van der Waals surface area contributed by atoms with Gasteiger partial charge in [0.25, 0.3) is 0 Å². The van der Waals surface area contributed by atoms with Crippen molar-refractivity contribution in [2.45, 2.75) is 6.92 Å². The Morgan fingerprint density at radius 2 is 1.90 bits per heavy atom. The summed E-state index contributed by atoms with van der Waals surface area (Å²) >= 11 is 9.01. The molecule has 0 aliphatic heterocycles. The minimum Gasteiger partial charge on any atom is -0.344 e. The Morgan fingerprint density at radius 3 is 2.71 bits per heavy atom. The van der Waals surface area contributed by atoms with Crippen molar-refractivity contribution in [2.24, 2.45) is 0 Å². The zero-order chi connectivity index (χ0) is 14.8. The van der Waals surface area contributed by atoms with Crippen LogP contribution in [0.2, 0.25) is 0 Å². The van der Waals surface area contributed by atoms with Crippen LogP contribution in [0.3, 0.4) is 0 Å². The van der Waals surface area contributed by atoms with Gasteiger partial charge in [-0.25, -0.2) is 4.98 Å². The third kappa shape index (κ3) is 3.12. The molecule has 0 bridgehead atoms. The normalized spacial score (nSPS) is 10.6. The number of aromatic nitrogens is 1. The first-order chi connectivity index (χ1) is 10.1. The second-order valence-corrected chi connectivity index (χ2v) is 6.09. The van der Waals surface area contributed by atoms with Gasteiger partial charge in [0, 0.05) is 9.86 Å². The van der Waals surface area contributed by atoms with Crippen molar-refractivity contribution in [1.82, 2.24) is 4.98 Å². The molecule has 2 nitrogen and oxygen atoms in total. The average Bonchev–Trinajstić information content (AvgIpc) is 2.49. The highest BCUT2D eigenvalue weighted by molar-refractivity contribution is 9.10. The monoisotopic (exact) mass is 356 g/mol. The molecular formula is C17H13BrN2S. The predicted molar refractivity (Wildman–Crippen MR) is 95.9 cm³/mol. The molecular weight excluding hydrogens is 344 g/mol. The number of para-hydroxylation sites is 1. The fourth-order valence-corrected chi connectivity index (χ4v) is 2.92. The van der Waals surface area contributed by atoms with Crippen molar-refractivity contribution >= 4 is 49.7 Å². The van der Waals surface area contributed by atoms with Gasteiger partial charge in [-0.05, 0) is 52.7 Å². The van der Waals surface area contributed by atoms with E-state index in [4.69, 9.17) is 12.2 Å². The van der Waals surface area contributed by atoms with E-state index in [1.54, 1.807) is 0 Å². The number of hydrogen-bond donors (Lipinski definition) is 1. The molecule has 0 saturated carbocycles. The fraction of sp³-hybridized carbons (Fsp3) is 0.0588. The molecule has 0 radical (unpaired) electrons. The fourth-order valence-electron chi connectivity index (χ4n) is 2.10. The van der Waals surface area contributed by atoms with Crippen LogP contribution in [0, 0.1) is 6.92 Å². The minimum absolute atomic E-state index is 0.616. The van der Waals surface area contributed by atoms with Gasteiger partial charge in [0.1, 0.15) is 4.99 Å². The Labute approximate surface area is 137 Å². The highest BCUT2D eigenvalue weighted by Crippen LogP contribution is 2.24. The molecule has 0 spiro atoms. The van der Waals surface area contributed by atoms with Crippen molar-refractivity contribution in [1.29, 1.82) is 0 Å². The van der Waals surface area contributed by atoms with Crippen molar-refractivity contribution in [3.05, 3.63) is 70.3 Å². The Balaban J connectivity index is 1.89. The molecule has 0 amide bonds. The van der Waals surface area contributed by atoms with Crippen LogP contribution in [0.4, 0.5) is 5.69 Å². The number of aryl methyl sites for hydroxylation is 1. The maximum atomic E-state index is 5.46. The molecule has 3 rings (SSSR count). The molecule has 0 unspecified atom stereocenters. The number of pyridine rings is 1. The van der Waals surface area contributed by atoms with Crippen LogP contribution in [0.5, 0.6) is 0 Å². The lowest BCUT2D eigenvalue weighted by Gasteiger charge is -2.10. The summed E-state index contributed by atoms with van der Waals surface area (Å²) < 4.78 is 0.991. The molecule has 1 heterocycles. The van der Waals surface area contributed by atoms with Gasteiger partial charge in [0.05, 0.1) is 16.9 Å². The summed E-state index contributed by atoms with van der Waals surface area (Å²) in [4.78, 5) is 5.22. The van der Waals surface area contributed by atoms with Gasteiger partial charge in [0.15, 0.2) is 0 Å². The van der Waals surface area contributed by atoms with E-state index >= 15 is 0 Å². The molecule has 0 fully saturated rings. The number of fused-ring (bicyclic) bond motifs is 1. The van der Waals surface area contributed by atoms with Crippen molar-refractivity contribution in [3.63, 3.8) is 0 Å². The number of thiocarbonyl (C=S) groups is 1. The summed E-state index contributed by atoms with van der Waals surface area (Å²) in [6, 6.07) is 18.1. The van der Waals surface area contributed by atoms with Crippen LogP contribution in [0.1, 0.15) is 11.3 Å². The molecule has 4 heteroatoms. The number of halogens is 1. The van der Waals surface area contributed by atoms with Gasteiger partial charge in [-0.2, -0.15) is 0 Å². The van der Waals surface area contributed by atoms with Gasteiger partial charge in [-0.3, -0.25) is 0 Å². The van der Waals surface area contributed by atoms with Gasteiger partial charge >= 0.3 is 0 Å². The Hall–Kier alpha value is -1.78. The van der Waals surface area contributed by atoms with Crippen LogP contribution < -0.4 is 5.32 Å². The number of benzene rings is 2. The Bertz CT molecular complexity index is 830. The quantitative estimate of drug-likeness (QED) is 0.647. The molecule has 2 aromatic carbocycles. The Morgan fingerprint density at radius 1 is 1.10 bits per heavy atom. The summed E-state index contributed by atoms with van der Waals surface area (Å²) in [5, 5.41) is 4.35. The molecule has 1 aromatic heterocycles. The zero-order valence-corrected chi connectivity index (χ0v) is 13.8. The third-order valence-corrected chi connectivity index (χ3v) is 4.17. The standard InChI is InChI=1S/C17H13BrN2S/c1-11-6-8-15(13(18)10-11)20-17(21)16-9-7-12-4-2-3-5-14(12)19-16/h2-10H,1H3,(H,20,21). The van der Waals surface area contributed by atoms with Crippen molar-refractivity contribution in [3.8, 4) is 0 Å². The number of rotatable bonds is 2. The highest BCUT2D eigenvalue weighted by atomic mass is 79.9. The van der Waals surface area contributed by atoms with Crippen LogP contribution in [0.15, 0.2) is 59.1 Å². The summed E-state index contributed by atoms with van der Waals surface area (Å²) in [6.45, 7) is 2.05. The van der Waals surface area contributed by atoms with Crippen molar-refractivity contribution < 1.29 is 0 Å². The maximum absolute atomic E-state index is 5.46. The van der Waals surface area contributed by atoms with Gasteiger partial charge in [0.2, 0.25) is 0 Å². The van der Waals surface area contributed by atoms with Gasteiger partial charge in [-0.15, -0.1) is 0 Å². The largest absolute Gasteiger partial charge is 0.344 e. The maximum Gasteiger partial charge on any atom is 0.129 e. The number of anilines is 1. The SMILES string of the molecule is Cc1ccc(NC(=S)c2ccc3ccccc3n2)c(Br)c1. The van der Waals surface area contributed by atoms with E-state index in [-0.39, 0.29) is 0 Å². The smallest absolute Gasteiger partial charge is 0.129 e. The van der Waals surface area contributed by atoms with Crippen LogP contribution in [0.25, 0.3) is 10.9 Å². The number of nitrogens with one attached hydrogen (secondary N) is 1. The van der Waals surface area contributed by atoms with E-state index in [1.807, 2.05) is 48.5 Å². The summed E-state index contributed by atoms with van der Waals surface area (Å²) in [5.74, 6) is 0. The third-order valence-electron chi connectivity index (χ3n) is 3.20.